The van der Waals surface area contributed by atoms with Crippen LogP contribution in [0.25, 0.3) is 0 Å². The number of rotatable bonds is 4. The quantitative estimate of drug-likeness (QED) is 0.815. The maximum absolute atomic E-state index is 12.3. The van der Waals surface area contributed by atoms with Crippen LogP contribution >= 0.6 is 0 Å². The number of aliphatic carboxylic acids is 1. The number of piperidine rings is 1. The average molecular weight is 286 g/mol. The molecule has 1 aliphatic heterocycles. The molecule has 0 aromatic carbocycles. The van der Waals surface area contributed by atoms with Crippen molar-refractivity contribution in [2.24, 2.45) is 11.3 Å². The Labute approximate surface area is 120 Å². The summed E-state index contributed by atoms with van der Waals surface area (Å²) in [7, 11) is 1.66. The highest BCUT2D eigenvalue weighted by Crippen LogP contribution is 2.34. The van der Waals surface area contributed by atoms with Gasteiger partial charge in [-0.15, -0.1) is 0 Å². The Morgan fingerprint density at radius 3 is 2.55 bits per heavy atom. The molecule has 1 saturated heterocycles. The van der Waals surface area contributed by atoms with Crippen LogP contribution in [0.5, 0.6) is 0 Å². The highest BCUT2D eigenvalue weighted by atomic mass is 16.4. The summed E-state index contributed by atoms with van der Waals surface area (Å²) in [6.07, 6.45) is 1.64. The lowest BCUT2D eigenvalue weighted by atomic mass is 9.74. The van der Waals surface area contributed by atoms with E-state index in [1.165, 1.54) is 4.90 Å². The van der Waals surface area contributed by atoms with Gasteiger partial charge in [0.1, 0.15) is 0 Å². The zero-order valence-electron chi connectivity index (χ0n) is 12.8. The van der Waals surface area contributed by atoms with Crippen molar-refractivity contribution in [3.63, 3.8) is 0 Å². The standard InChI is InChI=1S/C14H26N2O4/c1-10(9-17)15(4)13(20)16-7-5-6-11(8-16)14(2,3)12(18)19/h10-11,17H,5-9H2,1-4H3,(H,18,19). The van der Waals surface area contributed by atoms with Gasteiger partial charge in [-0.3, -0.25) is 4.79 Å². The van der Waals surface area contributed by atoms with E-state index in [1.54, 1.807) is 32.7 Å². The number of carboxylic acids is 1. The molecule has 1 rings (SSSR count). The van der Waals surface area contributed by atoms with Crippen LogP contribution in [-0.2, 0) is 4.79 Å². The summed E-state index contributed by atoms with van der Waals surface area (Å²) in [5, 5.41) is 18.4. The number of aliphatic hydroxyl groups excluding tert-OH is 1. The summed E-state index contributed by atoms with van der Waals surface area (Å²) in [6, 6.07) is -0.382. The van der Waals surface area contributed by atoms with Crippen LogP contribution in [-0.4, -0.2) is 64.8 Å². The number of likely N-dealkylation sites (tertiary alicyclic amines) is 1. The normalized spacial score (nSPS) is 21.4. The predicted octanol–water partition coefficient (Wildman–Crippen LogP) is 1.24. The minimum Gasteiger partial charge on any atom is -0.481 e. The third-order valence-electron chi connectivity index (χ3n) is 4.49. The Morgan fingerprint density at radius 2 is 2.05 bits per heavy atom. The lowest BCUT2D eigenvalue weighted by Gasteiger charge is -2.41. The number of carboxylic acid groups (broad SMARTS) is 1. The van der Waals surface area contributed by atoms with Crippen LogP contribution in [0.3, 0.4) is 0 Å². The van der Waals surface area contributed by atoms with Crippen LogP contribution in [0.2, 0.25) is 0 Å². The first-order valence-corrected chi connectivity index (χ1v) is 7.07. The molecule has 20 heavy (non-hydrogen) atoms. The van der Waals surface area contributed by atoms with E-state index in [-0.39, 0.29) is 24.6 Å². The van der Waals surface area contributed by atoms with Crippen molar-refractivity contribution in [3.05, 3.63) is 0 Å². The second-order valence-corrected chi connectivity index (χ2v) is 6.24. The van der Waals surface area contributed by atoms with Gasteiger partial charge in [-0.25, -0.2) is 4.79 Å². The van der Waals surface area contributed by atoms with Crippen molar-refractivity contribution in [2.45, 2.75) is 39.7 Å². The Hall–Kier alpha value is -1.30. The number of nitrogens with zero attached hydrogens (tertiary/aromatic N) is 2. The van der Waals surface area contributed by atoms with Crippen molar-refractivity contribution in [1.82, 2.24) is 9.80 Å². The van der Waals surface area contributed by atoms with E-state index in [9.17, 15) is 14.7 Å². The summed E-state index contributed by atoms with van der Waals surface area (Å²) in [5.41, 5.74) is -0.833. The Balaban J connectivity index is 2.75. The molecule has 0 aromatic heterocycles. The molecule has 0 aliphatic carbocycles. The molecule has 6 heteroatoms. The lowest BCUT2D eigenvalue weighted by Crippen LogP contribution is -2.52. The molecule has 2 N–H and O–H groups in total. The van der Waals surface area contributed by atoms with Gasteiger partial charge in [-0.1, -0.05) is 0 Å². The Bertz CT molecular complexity index is 370. The number of amides is 2. The summed E-state index contributed by atoms with van der Waals surface area (Å²) in [6.45, 7) is 6.23. The summed E-state index contributed by atoms with van der Waals surface area (Å²) >= 11 is 0. The van der Waals surface area contributed by atoms with Crippen LogP contribution in [0.1, 0.15) is 33.6 Å². The van der Waals surface area contributed by atoms with Gasteiger partial charge in [-0.05, 0) is 39.5 Å². The molecule has 0 spiro atoms. The molecule has 1 aliphatic rings. The number of carbonyl (C=O) groups is 2. The number of hydrogen-bond donors (Lipinski definition) is 2. The number of aliphatic hydroxyl groups is 1. The van der Waals surface area contributed by atoms with Crippen LogP contribution in [0, 0.1) is 11.3 Å². The molecule has 0 aromatic rings. The SMILES string of the molecule is CC(CO)N(C)C(=O)N1CCCC(C(C)(C)C(=O)O)C1. The van der Waals surface area contributed by atoms with E-state index in [2.05, 4.69) is 0 Å². The molecule has 2 unspecified atom stereocenters. The minimum absolute atomic E-state index is 0.0458. The van der Waals surface area contributed by atoms with Gasteiger partial charge in [0, 0.05) is 20.1 Å². The van der Waals surface area contributed by atoms with E-state index in [0.717, 1.165) is 12.8 Å². The molecule has 2 amide bonds. The van der Waals surface area contributed by atoms with Crippen molar-refractivity contribution < 1.29 is 19.8 Å². The number of urea groups is 1. The summed E-state index contributed by atoms with van der Waals surface area (Å²) in [5.74, 6) is -0.871. The van der Waals surface area contributed by atoms with Gasteiger partial charge in [0.15, 0.2) is 0 Å². The first kappa shape index (κ1) is 16.8. The van der Waals surface area contributed by atoms with E-state index < -0.39 is 11.4 Å². The second kappa shape index (κ2) is 6.43. The van der Waals surface area contributed by atoms with E-state index in [1.807, 2.05) is 0 Å². The van der Waals surface area contributed by atoms with Crippen molar-refractivity contribution in [3.8, 4) is 0 Å². The van der Waals surface area contributed by atoms with Gasteiger partial charge in [0.2, 0.25) is 0 Å². The highest BCUT2D eigenvalue weighted by molar-refractivity contribution is 5.76. The highest BCUT2D eigenvalue weighted by Gasteiger charge is 2.40. The fraction of sp³-hybridized carbons (Fsp3) is 0.857. The Morgan fingerprint density at radius 1 is 1.45 bits per heavy atom. The number of carbonyl (C=O) groups excluding carboxylic acids is 1. The molecular weight excluding hydrogens is 260 g/mol. The van der Waals surface area contributed by atoms with Gasteiger partial charge in [0.25, 0.3) is 0 Å². The molecule has 1 fully saturated rings. The van der Waals surface area contributed by atoms with E-state index >= 15 is 0 Å². The van der Waals surface area contributed by atoms with E-state index in [0.29, 0.717) is 13.1 Å². The number of hydrogen-bond acceptors (Lipinski definition) is 3. The Kier molecular flexibility index (Phi) is 5.39. The topological polar surface area (TPSA) is 81.1 Å². The van der Waals surface area contributed by atoms with Crippen molar-refractivity contribution >= 4 is 12.0 Å². The number of likely N-dealkylation sites (N-methyl/N-ethyl adjacent to an activating group) is 1. The first-order chi connectivity index (χ1) is 9.21. The fourth-order valence-corrected chi connectivity index (χ4v) is 2.45. The predicted molar refractivity (Wildman–Crippen MR) is 75.4 cm³/mol. The van der Waals surface area contributed by atoms with Gasteiger partial charge in [0.05, 0.1) is 18.1 Å². The average Bonchev–Trinajstić information content (AvgIpc) is 2.44. The summed E-state index contributed by atoms with van der Waals surface area (Å²) in [4.78, 5) is 26.9. The molecule has 0 radical (unpaired) electrons. The minimum atomic E-state index is -0.833. The third-order valence-corrected chi connectivity index (χ3v) is 4.49. The van der Waals surface area contributed by atoms with Crippen LogP contribution < -0.4 is 0 Å². The van der Waals surface area contributed by atoms with Crippen LogP contribution in [0.15, 0.2) is 0 Å². The molecule has 2 atom stereocenters. The van der Waals surface area contributed by atoms with Gasteiger partial charge >= 0.3 is 12.0 Å². The lowest BCUT2D eigenvalue weighted by molar-refractivity contribution is -0.151. The third kappa shape index (κ3) is 3.42. The summed E-state index contributed by atoms with van der Waals surface area (Å²) < 4.78 is 0. The maximum Gasteiger partial charge on any atom is 0.320 e. The molecule has 1 heterocycles. The van der Waals surface area contributed by atoms with E-state index in [4.69, 9.17) is 5.11 Å². The van der Waals surface area contributed by atoms with Crippen molar-refractivity contribution in [1.29, 1.82) is 0 Å². The molecular formula is C14H26N2O4. The molecule has 0 saturated carbocycles. The molecule has 116 valence electrons. The fourth-order valence-electron chi connectivity index (χ4n) is 2.45. The zero-order valence-corrected chi connectivity index (χ0v) is 12.8. The van der Waals surface area contributed by atoms with Crippen molar-refractivity contribution in [2.75, 3.05) is 26.7 Å². The van der Waals surface area contributed by atoms with Gasteiger partial charge < -0.3 is 20.0 Å². The monoisotopic (exact) mass is 286 g/mol. The smallest absolute Gasteiger partial charge is 0.320 e. The van der Waals surface area contributed by atoms with Crippen LogP contribution in [0.4, 0.5) is 4.79 Å². The van der Waals surface area contributed by atoms with Gasteiger partial charge in [-0.2, -0.15) is 0 Å². The zero-order chi connectivity index (χ0) is 15.5. The maximum atomic E-state index is 12.3. The second-order valence-electron chi connectivity index (χ2n) is 6.24. The largest absolute Gasteiger partial charge is 0.481 e. The molecule has 6 nitrogen and oxygen atoms in total. The molecule has 0 bridgehead atoms. The first-order valence-electron chi connectivity index (χ1n) is 7.07.